The summed E-state index contributed by atoms with van der Waals surface area (Å²) in [4.78, 5) is 11.8. The normalized spacial score (nSPS) is 24.4. The van der Waals surface area contributed by atoms with E-state index in [4.69, 9.17) is 5.73 Å². The van der Waals surface area contributed by atoms with E-state index < -0.39 is 0 Å². The molecule has 4 nitrogen and oxygen atoms in total. The van der Waals surface area contributed by atoms with Crippen LogP contribution in [0.5, 0.6) is 0 Å². The van der Waals surface area contributed by atoms with Gasteiger partial charge in [0.1, 0.15) is 0 Å². The summed E-state index contributed by atoms with van der Waals surface area (Å²) >= 11 is 0. The summed E-state index contributed by atoms with van der Waals surface area (Å²) in [7, 11) is 0. The van der Waals surface area contributed by atoms with Gasteiger partial charge in [-0.25, -0.2) is 0 Å². The highest BCUT2D eigenvalue weighted by atomic mass is 16.3. The van der Waals surface area contributed by atoms with Crippen molar-refractivity contribution >= 4 is 5.91 Å². The summed E-state index contributed by atoms with van der Waals surface area (Å²) in [6.07, 6.45) is 7.07. The van der Waals surface area contributed by atoms with Crippen LogP contribution in [0.4, 0.5) is 0 Å². The monoisotopic (exact) mass is 270 g/mol. The van der Waals surface area contributed by atoms with Crippen molar-refractivity contribution in [1.29, 1.82) is 0 Å². The van der Waals surface area contributed by atoms with Gasteiger partial charge in [-0.05, 0) is 50.0 Å². The number of amides is 1. The van der Waals surface area contributed by atoms with Crippen molar-refractivity contribution in [2.45, 2.75) is 51.9 Å². The van der Waals surface area contributed by atoms with Crippen molar-refractivity contribution in [3.05, 3.63) is 0 Å². The Balaban J connectivity index is 2.17. The molecule has 1 amide bonds. The van der Waals surface area contributed by atoms with Crippen LogP contribution >= 0.6 is 0 Å². The second-order valence-electron chi connectivity index (χ2n) is 5.83. The van der Waals surface area contributed by atoms with Crippen LogP contribution in [0.25, 0.3) is 0 Å². The van der Waals surface area contributed by atoms with E-state index in [1.165, 1.54) is 6.42 Å². The van der Waals surface area contributed by atoms with Gasteiger partial charge in [0.25, 0.3) is 0 Å². The summed E-state index contributed by atoms with van der Waals surface area (Å²) in [6.45, 7) is 3.86. The maximum absolute atomic E-state index is 11.8. The molecule has 1 saturated carbocycles. The zero-order valence-electron chi connectivity index (χ0n) is 12.2. The first-order valence-corrected chi connectivity index (χ1v) is 7.78. The molecule has 0 saturated heterocycles. The van der Waals surface area contributed by atoms with Crippen molar-refractivity contribution in [1.82, 2.24) is 5.32 Å². The molecular formula is C15H30N2O2. The molecule has 19 heavy (non-hydrogen) atoms. The number of aliphatic hydroxyl groups is 1. The standard InChI is InChI=1S/C15H30N2O2/c1-2-12(8-9-16)6-7-15(19)17-10-13-4-3-5-14(13)11-18/h12-14,18H,2-11,16H2,1H3,(H,17,19). The van der Waals surface area contributed by atoms with E-state index in [2.05, 4.69) is 12.2 Å². The lowest BCUT2D eigenvalue weighted by molar-refractivity contribution is -0.121. The third kappa shape index (κ3) is 5.91. The van der Waals surface area contributed by atoms with Crippen LogP contribution in [0.2, 0.25) is 0 Å². The van der Waals surface area contributed by atoms with Gasteiger partial charge >= 0.3 is 0 Å². The molecule has 0 aliphatic heterocycles. The predicted octanol–water partition coefficient (Wildman–Crippen LogP) is 1.67. The minimum atomic E-state index is 0.152. The van der Waals surface area contributed by atoms with E-state index in [9.17, 15) is 9.90 Å². The highest BCUT2D eigenvalue weighted by Gasteiger charge is 2.26. The summed E-state index contributed by atoms with van der Waals surface area (Å²) in [5.74, 6) is 1.59. The fourth-order valence-corrected chi connectivity index (χ4v) is 3.08. The van der Waals surface area contributed by atoms with Crippen LogP contribution in [-0.2, 0) is 4.79 Å². The molecule has 0 aromatic rings. The maximum atomic E-state index is 11.8. The second kappa shape index (κ2) is 9.32. The Morgan fingerprint density at radius 1 is 1.37 bits per heavy atom. The summed E-state index contributed by atoms with van der Waals surface area (Å²) in [5, 5.41) is 12.3. The molecule has 1 rings (SSSR count). The largest absolute Gasteiger partial charge is 0.396 e. The molecule has 3 atom stereocenters. The molecule has 0 aromatic heterocycles. The van der Waals surface area contributed by atoms with E-state index in [-0.39, 0.29) is 12.5 Å². The molecule has 4 N–H and O–H groups in total. The zero-order chi connectivity index (χ0) is 14.1. The molecule has 0 spiro atoms. The number of hydrogen-bond donors (Lipinski definition) is 3. The predicted molar refractivity (Wildman–Crippen MR) is 77.6 cm³/mol. The number of nitrogens with one attached hydrogen (secondary N) is 1. The Kier molecular flexibility index (Phi) is 8.07. The number of aliphatic hydroxyl groups excluding tert-OH is 1. The van der Waals surface area contributed by atoms with Crippen LogP contribution in [-0.4, -0.2) is 30.7 Å². The first-order chi connectivity index (χ1) is 9.21. The van der Waals surface area contributed by atoms with Crippen LogP contribution in [0, 0.1) is 17.8 Å². The maximum Gasteiger partial charge on any atom is 0.220 e. The van der Waals surface area contributed by atoms with Crippen LogP contribution in [0.3, 0.4) is 0 Å². The smallest absolute Gasteiger partial charge is 0.220 e. The highest BCUT2D eigenvalue weighted by molar-refractivity contribution is 5.75. The van der Waals surface area contributed by atoms with Gasteiger partial charge in [-0.3, -0.25) is 4.79 Å². The van der Waals surface area contributed by atoms with Crippen LogP contribution in [0.1, 0.15) is 51.9 Å². The first kappa shape index (κ1) is 16.4. The van der Waals surface area contributed by atoms with Crippen molar-refractivity contribution in [2.75, 3.05) is 19.7 Å². The fraction of sp³-hybridized carbons (Fsp3) is 0.933. The quantitative estimate of drug-likeness (QED) is 0.596. The molecule has 1 fully saturated rings. The SMILES string of the molecule is CCC(CCN)CCC(=O)NCC1CCCC1CO. The van der Waals surface area contributed by atoms with Gasteiger partial charge in [0, 0.05) is 19.6 Å². The fourth-order valence-electron chi connectivity index (χ4n) is 3.08. The van der Waals surface area contributed by atoms with Gasteiger partial charge in [0.05, 0.1) is 0 Å². The Bertz CT molecular complexity index is 259. The Morgan fingerprint density at radius 2 is 2.11 bits per heavy atom. The first-order valence-electron chi connectivity index (χ1n) is 7.78. The van der Waals surface area contributed by atoms with E-state index in [0.29, 0.717) is 30.7 Å². The molecule has 4 heteroatoms. The Labute approximate surface area is 117 Å². The number of carbonyl (C=O) groups excluding carboxylic acids is 1. The number of nitrogens with two attached hydrogens (primary N) is 1. The Morgan fingerprint density at radius 3 is 2.74 bits per heavy atom. The van der Waals surface area contributed by atoms with E-state index in [1.54, 1.807) is 0 Å². The zero-order valence-corrected chi connectivity index (χ0v) is 12.2. The minimum absolute atomic E-state index is 0.152. The molecular weight excluding hydrogens is 240 g/mol. The lowest BCUT2D eigenvalue weighted by atomic mass is 9.95. The molecule has 3 unspecified atom stereocenters. The minimum Gasteiger partial charge on any atom is -0.396 e. The van der Waals surface area contributed by atoms with Crippen LogP contribution < -0.4 is 11.1 Å². The second-order valence-corrected chi connectivity index (χ2v) is 5.83. The summed E-state index contributed by atoms with van der Waals surface area (Å²) < 4.78 is 0. The van der Waals surface area contributed by atoms with Crippen molar-refractivity contribution in [3.63, 3.8) is 0 Å². The van der Waals surface area contributed by atoms with E-state index in [1.807, 2.05) is 0 Å². The topological polar surface area (TPSA) is 75.4 Å². The Hall–Kier alpha value is -0.610. The van der Waals surface area contributed by atoms with Gasteiger partial charge in [0.15, 0.2) is 0 Å². The lowest BCUT2D eigenvalue weighted by Crippen LogP contribution is -2.31. The summed E-state index contributed by atoms with van der Waals surface area (Å²) in [5.41, 5.74) is 5.56. The highest BCUT2D eigenvalue weighted by Crippen LogP contribution is 2.30. The molecule has 1 aliphatic rings. The van der Waals surface area contributed by atoms with Gasteiger partial charge < -0.3 is 16.2 Å². The van der Waals surface area contributed by atoms with Crippen molar-refractivity contribution in [3.8, 4) is 0 Å². The van der Waals surface area contributed by atoms with Crippen LogP contribution in [0.15, 0.2) is 0 Å². The van der Waals surface area contributed by atoms with E-state index >= 15 is 0 Å². The average molecular weight is 270 g/mol. The van der Waals surface area contributed by atoms with Gasteiger partial charge in [-0.15, -0.1) is 0 Å². The van der Waals surface area contributed by atoms with Crippen molar-refractivity contribution in [2.24, 2.45) is 23.5 Å². The van der Waals surface area contributed by atoms with Gasteiger partial charge in [-0.2, -0.15) is 0 Å². The number of hydrogen-bond acceptors (Lipinski definition) is 3. The van der Waals surface area contributed by atoms with Crippen molar-refractivity contribution < 1.29 is 9.90 Å². The lowest BCUT2D eigenvalue weighted by Gasteiger charge is -2.18. The van der Waals surface area contributed by atoms with Gasteiger partial charge in [0.2, 0.25) is 5.91 Å². The molecule has 0 aromatic carbocycles. The molecule has 0 heterocycles. The third-order valence-electron chi connectivity index (χ3n) is 4.54. The molecule has 1 aliphatic carbocycles. The van der Waals surface area contributed by atoms with E-state index in [0.717, 1.165) is 38.6 Å². The number of carbonyl (C=O) groups is 1. The molecule has 0 bridgehead atoms. The molecule has 112 valence electrons. The molecule has 0 radical (unpaired) electrons. The average Bonchev–Trinajstić information content (AvgIpc) is 2.88. The van der Waals surface area contributed by atoms with Gasteiger partial charge in [-0.1, -0.05) is 19.8 Å². The number of rotatable bonds is 9. The third-order valence-corrected chi connectivity index (χ3v) is 4.54. The summed E-state index contributed by atoms with van der Waals surface area (Å²) in [6, 6.07) is 0.